The van der Waals surface area contributed by atoms with E-state index in [2.05, 4.69) is 13.8 Å². The summed E-state index contributed by atoms with van der Waals surface area (Å²) in [6, 6.07) is 29.4. The molecule has 0 spiro atoms. The van der Waals surface area contributed by atoms with Crippen molar-refractivity contribution in [3.8, 4) is 11.5 Å². The zero-order chi connectivity index (χ0) is 51.5. The Morgan fingerprint density at radius 2 is 1.04 bits per heavy atom. The first kappa shape index (κ1) is 53.6. The number of ether oxygens (including phenoxy) is 7. The number of nitrogens with zero attached hydrogens (tertiary/aromatic N) is 2. The van der Waals surface area contributed by atoms with Gasteiger partial charge in [-0.1, -0.05) is 78.7 Å². The van der Waals surface area contributed by atoms with Crippen molar-refractivity contribution >= 4 is 47.0 Å². The zero-order valence-corrected chi connectivity index (χ0v) is 43.7. The molecule has 15 heteroatoms. The molecule has 4 heterocycles. The minimum atomic E-state index is -0.468. The molecule has 2 fully saturated rings. The summed E-state index contributed by atoms with van der Waals surface area (Å²) in [5.74, 6) is -0.605. The van der Waals surface area contributed by atoms with Crippen LogP contribution in [-0.2, 0) is 56.1 Å². The second-order valence-electron chi connectivity index (χ2n) is 19.4. The lowest BCUT2D eigenvalue weighted by Gasteiger charge is -2.35. The first-order chi connectivity index (χ1) is 35.3. The summed E-state index contributed by atoms with van der Waals surface area (Å²) < 4.78 is 41.9. The van der Waals surface area contributed by atoms with Gasteiger partial charge in [-0.05, 0) is 124 Å². The van der Waals surface area contributed by atoms with Gasteiger partial charge in [-0.2, -0.15) is 0 Å². The van der Waals surface area contributed by atoms with Crippen molar-refractivity contribution in [2.45, 2.75) is 122 Å². The van der Waals surface area contributed by atoms with Gasteiger partial charge in [-0.3, -0.25) is 9.59 Å². The smallest absolute Gasteiger partial charge is 0.336 e. The van der Waals surface area contributed by atoms with Crippen LogP contribution >= 0.6 is 23.2 Å². The van der Waals surface area contributed by atoms with Crippen molar-refractivity contribution < 1.29 is 52.3 Å². The zero-order valence-electron chi connectivity index (χ0n) is 42.2. The van der Waals surface area contributed by atoms with Crippen LogP contribution in [0.3, 0.4) is 0 Å². The van der Waals surface area contributed by atoms with Crippen LogP contribution < -0.4 is 9.47 Å². The maximum absolute atomic E-state index is 13.9. The van der Waals surface area contributed by atoms with E-state index in [4.69, 9.17) is 56.4 Å². The fourth-order valence-electron chi connectivity index (χ4n) is 9.94. The van der Waals surface area contributed by atoms with Gasteiger partial charge in [0.2, 0.25) is 11.8 Å². The van der Waals surface area contributed by atoms with Crippen molar-refractivity contribution in [3.05, 3.63) is 152 Å². The van der Waals surface area contributed by atoms with E-state index >= 15 is 0 Å². The van der Waals surface area contributed by atoms with Gasteiger partial charge >= 0.3 is 11.9 Å². The average Bonchev–Trinajstić information content (AvgIpc) is 4.13. The number of carbonyl (C=O) groups excluding carboxylic acids is 4. The average molecular weight is 1040 g/mol. The molecule has 0 radical (unpaired) electrons. The Kier molecular flexibility index (Phi) is 18.4. The van der Waals surface area contributed by atoms with Crippen LogP contribution in [0.25, 0.3) is 0 Å². The number of rotatable bonds is 22. The number of amides is 2. The number of benzene rings is 4. The maximum Gasteiger partial charge on any atom is 0.336 e. The Balaban J connectivity index is 0.777. The Labute approximate surface area is 438 Å². The molecule has 0 saturated carbocycles. The predicted octanol–water partition coefficient (Wildman–Crippen LogP) is 11.1. The number of carbonyl (C=O) groups is 4. The summed E-state index contributed by atoms with van der Waals surface area (Å²) in [6.07, 6.45) is 5.24. The van der Waals surface area contributed by atoms with Crippen molar-refractivity contribution in [2.24, 2.45) is 0 Å². The van der Waals surface area contributed by atoms with Gasteiger partial charge in [0.1, 0.15) is 31.3 Å². The topological polar surface area (TPSA) is 139 Å². The summed E-state index contributed by atoms with van der Waals surface area (Å²) in [6.45, 7) is 11.2. The van der Waals surface area contributed by atoms with E-state index in [-0.39, 0.29) is 50.1 Å². The minimum absolute atomic E-state index is 0.0492. The standard InChI is InChI=1S/C58H66Cl2N2O11/c1-5-58(4,26-29-69-46-22-10-40(11-23-46)36-71-56(65)54-38(2)61(34-48-8-6-27-67-48)52(63)32-50(54)42-14-18-44(59)19-15-42)73-31-30-70-47-24-12-41(13-25-47)37-72-57(66)55-39(3)62(35-49-9-7-28-68-49)53(64)33-51(55)43-16-20-45(60)21-17-43/h10-25,48-51H,5-9,26-37H2,1-4H3/t48-,49-,50+,51+,58?/m1/s1. The molecule has 13 nitrogen and oxygen atoms in total. The van der Waals surface area contributed by atoms with E-state index in [0.717, 1.165) is 54.4 Å². The Hall–Kier alpha value is -5.70. The second kappa shape index (κ2) is 25.0. The third-order valence-electron chi connectivity index (χ3n) is 14.5. The molecule has 0 aromatic heterocycles. The van der Waals surface area contributed by atoms with Gasteiger partial charge in [0, 0.05) is 65.8 Å². The molecule has 0 bridgehead atoms. The Morgan fingerprint density at radius 3 is 1.44 bits per heavy atom. The number of halogens is 2. The van der Waals surface area contributed by atoms with E-state index in [9.17, 15) is 19.2 Å². The first-order valence-electron chi connectivity index (χ1n) is 25.5. The van der Waals surface area contributed by atoms with Crippen LogP contribution in [0.15, 0.2) is 120 Å². The lowest BCUT2D eigenvalue weighted by molar-refractivity contribution is -0.143. The number of esters is 2. The third kappa shape index (κ3) is 13.9. The van der Waals surface area contributed by atoms with Crippen molar-refractivity contribution in [1.29, 1.82) is 0 Å². The summed E-state index contributed by atoms with van der Waals surface area (Å²) in [7, 11) is 0. The van der Waals surface area contributed by atoms with Crippen molar-refractivity contribution in [1.82, 2.24) is 9.80 Å². The van der Waals surface area contributed by atoms with Gasteiger partial charge < -0.3 is 43.0 Å². The molecule has 2 amide bonds. The Bertz CT molecular complexity index is 2610. The maximum atomic E-state index is 13.9. The highest BCUT2D eigenvalue weighted by Gasteiger charge is 2.40. The lowest BCUT2D eigenvalue weighted by Crippen LogP contribution is -2.42. The summed E-state index contributed by atoms with van der Waals surface area (Å²) >= 11 is 12.4. The molecule has 4 aromatic rings. The van der Waals surface area contributed by atoms with E-state index in [1.807, 2.05) is 86.6 Å². The van der Waals surface area contributed by atoms with E-state index in [0.29, 0.717) is 96.6 Å². The third-order valence-corrected chi connectivity index (χ3v) is 15.0. The van der Waals surface area contributed by atoms with Crippen LogP contribution in [0.5, 0.6) is 11.5 Å². The molecule has 1 unspecified atom stereocenters. The van der Waals surface area contributed by atoms with Gasteiger partial charge in [0.05, 0.1) is 55.3 Å². The van der Waals surface area contributed by atoms with Crippen LogP contribution in [0, 0.1) is 0 Å². The first-order valence-corrected chi connectivity index (χ1v) is 26.2. The number of hydrogen-bond donors (Lipinski definition) is 0. The molecule has 4 aliphatic rings. The molecule has 0 N–H and O–H groups in total. The van der Waals surface area contributed by atoms with Gasteiger partial charge in [-0.15, -0.1) is 0 Å². The second-order valence-corrected chi connectivity index (χ2v) is 20.3. The summed E-state index contributed by atoms with van der Waals surface area (Å²) in [4.78, 5) is 58.0. The van der Waals surface area contributed by atoms with E-state index < -0.39 is 29.4 Å². The van der Waals surface area contributed by atoms with Gasteiger partial charge in [0.25, 0.3) is 0 Å². The largest absolute Gasteiger partial charge is 0.493 e. The Morgan fingerprint density at radius 1 is 0.616 bits per heavy atom. The molecular formula is C58H66Cl2N2O11. The molecule has 2 saturated heterocycles. The molecule has 4 aromatic carbocycles. The monoisotopic (exact) mass is 1040 g/mol. The number of allylic oxidation sites excluding steroid dienone is 2. The van der Waals surface area contributed by atoms with E-state index in [1.165, 1.54) is 0 Å². The fraction of sp³-hybridized carbons (Fsp3) is 0.448. The molecule has 5 atom stereocenters. The molecule has 388 valence electrons. The highest BCUT2D eigenvalue weighted by Crippen LogP contribution is 2.40. The molecule has 0 aliphatic carbocycles. The summed E-state index contributed by atoms with van der Waals surface area (Å²) in [5, 5.41) is 1.15. The highest BCUT2D eigenvalue weighted by molar-refractivity contribution is 6.30. The quantitative estimate of drug-likeness (QED) is 0.0549. The SMILES string of the molecule is CCC(C)(CCOc1ccc(COC(=O)C2=C(C)N(C[C@H]3CCCO3)C(=O)C[C@H]2c2ccc(Cl)cc2)cc1)OCCOc1ccc(COC(=O)C2=C(C)N(C[C@H]3CCCO3)C(=O)C[C@H]2c2ccc(Cl)cc2)cc1. The number of hydrogen-bond acceptors (Lipinski definition) is 11. The van der Waals surface area contributed by atoms with Crippen LogP contribution in [0.4, 0.5) is 0 Å². The van der Waals surface area contributed by atoms with Gasteiger partial charge in [-0.25, -0.2) is 9.59 Å². The molecular weight excluding hydrogens is 972 g/mol. The van der Waals surface area contributed by atoms with E-state index in [1.54, 1.807) is 34.1 Å². The predicted molar refractivity (Wildman–Crippen MR) is 277 cm³/mol. The molecule has 73 heavy (non-hydrogen) atoms. The van der Waals surface area contributed by atoms with Crippen LogP contribution in [0.1, 0.15) is 113 Å². The van der Waals surface area contributed by atoms with Crippen LogP contribution in [-0.4, -0.2) is 97.5 Å². The fourth-order valence-corrected chi connectivity index (χ4v) is 10.2. The normalized spacial score (nSPS) is 21.1. The van der Waals surface area contributed by atoms with Crippen molar-refractivity contribution in [3.63, 3.8) is 0 Å². The highest BCUT2D eigenvalue weighted by atomic mass is 35.5. The minimum Gasteiger partial charge on any atom is -0.493 e. The van der Waals surface area contributed by atoms with Gasteiger partial charge in [0.15, 0.2) is 0 Å². The molecule has 8 rings (SSSR count). The van der Waals surface area contributed by atoms with Crippen molar-refractivity contribution in [2.75, 3.05) is 46.1 Å². The molecule has 4 aliphatic heterocycles. The summed E-state index contributed by atoms with van der Waals surface area (Å²) in [5.41, 5.74) is 4.91. The lowest BCUT2D eigenvalue weighted by atomic mass is 9.83. The van der Waals surface area contributed by atoms with Crippen LogP contribution in [0.2, 0.25) is 10.0 Å².